The predicted molar refractivity (Wildman–Crippen MR) is 68.0 cm³/mol. The molecule has 0 unspecified atom stereocenters. The largest absolute Gasteiger partial charge is 0.360 e. The van der Waals surface area contributed by atoms with Crippen LogP contribution in [0.5, 0.6) is 0 Å². The highest BCUT2D eigenvalue weighted by atomic mass is 19.2. The summed E-state index contributed by atoms with van der Waals surface area (Å²) in [7, 11) is 0. The lowest BCUT2D eigenvalue weighted by Crippen LogP contribution is -2.04. The number of H-pyrrole nitrogens is 1. The highest BCUT2D eigenvalue weighted by Crippen LogP contribution is 2.22. The van der Waals surface area contributed by atoms with Gasteiger partial charge in [0.25, 0.3) is 0 Å². The minimum atomic E-state index is -1.58. The van der Waals surface area contributed by atoms with E-state index in [4.69, 9.17) is 0 Å². The monoisotopic (exact) mass is 275 g/mol. The molecule has 0 spiro atoms. The van der Waals surface area contributed by atoms with Crippen molar-refractivity contribution in [2.45, 2.75) is 0 Å². The third kappa shape index (κ3) is 1.87. The second-order valence-electron chi connectivity index (χ2n) is 4.33. The lowest BCUT2D eigenvalue weighted by Gasteiger charge is -2.02. The van der Waals surface area contributed by atoms with Crippen LogP contribution in [0.4, 0.5) is 13.2 Å². The second-order valence-corrected chi connectivity index (χ2v) is 4.33. The van der Waals surface area contributed by atoms with Crippen molar-refractivity contribution in [3.05, 3.63) is 71.2 Å². The average Bonchev–Trinajstić information content (AvgIpc) is 2.87. The van der Waals surface area contributed by atoms with Gasteiger partial charge < -0.3 is 4.98 Å². The van der Waals surface area contributed by atoms with E-state index < -0.39 is 23.2 Å². The predicted octanol–water partition coefficient (Wildman–Crippen LogP) is 3.82. The number of hydrogen-bond acceptors (Lipinski definition) is 1. The van der Waals surface area contributed by atoms with Crippen LogP contribution in [-0.4, -0.2) is 10.8 Å². The zero-order valence-corrected chi connectivity index (χ0v) is 10.1. The molecule has 0 aliphatic carbocycles. The molecule has 5 heteroatoms. The molecule has 20 heavy (non-hydrogen) atoms. The Balaban J connectivity index is 2.13. The summed E-state index contributed by atoms with van der Waals surface area (Å²) in [6.07, 6.45) is 1.46. The number of nitrogens with one attached hydrogen (secondary N) is 1. The van der Waals surface area contributed by atoms with Crippen LogP contribution >= 0.6 is 0 Å². The Morgan fingerprint density at radius 2 is 1.65 bits per heavy atom. The van der Waals surface area contributed by atoms with Gasteiger partial charge in [-0.05, 0) is 18.2 Å². The Morgan fingerprint density at radius 1 is 1.00 bits per heavy atom. The van der Waals surface area contributed by atoms with Gasteiger partial charge in [-0.25, -0.2) is 13.2 Å². The molecule has 1 aromatic heterocycles. The van der Waals surface area contributed by atoms with Crippen LogP contribution in [0.2, 0.25) is 0 Å². The third-order valence-corrected chi connectivity index (χ3v) is 3.08. The van der Waals surface area contributed by atoms with Gasteiger partial charge in [-0.1, -0.05) is 18.2 Å². The molecule has 0 aliphatic rings. The lowest BCUT2D eigenvalue weighted by molar-refractivity contribution is 0.103. The summed E-state index contributed by atoms with van der Waals surface area (Å²) in [5, 5.41) is 0.641. The lowest BCUT2D eigenvalue weighted by atomic mass is 10.0. The van der Waals surface area contributed by atoms with Gasteiger partial charge >= 0.3 is 0 Å². The van der Waals surface area contributed by atoms with E-state index in [1.807, 2.05) is 0 Å². The smallest absolute Gasteiger partial charge is 0.195 e. The van der Waals surface area contributed by atoms with Gasteiger partial charge in [0.2, 0.25) is 0 Å². The number of para-hydroxylation sites is 1. The molecule has 3 rings (SSSR count). The van der Waals surface area contributed by atoms with Crippen LogP contribution in [0.3, 0.4) is 0 Å². The van der Waals surface area contributed by atoms with E-state index in [9.17, 15) is 18.0 Å². The molecule has 3 aromatic rings. The summed E-state index contributed by atoms with van der Waals surface area (Å²) >= 11 is 0. The highest BCUT2D eigenvalue weighted by Gasteiger charge is 2.18. The fourth-order valence-electron chi connectivity index (χ4n) is 2.10. The number of fused-ring (bicyclic) bond motifs is 1. The SMILES string of the molecule is O=C(c1cc(F)c(F)c(F)c1)c1c[nH]c2ccccc12. The quantitative estimate of drug-likeness (QED) is 0.559. The van der Waals surface area contributed by atoms with Crippen molar-refractivity contribution in [3.63, 3.8) is 0 Å². The molecule has 0 fully saturated rings. The Bertz CT molecular complexity index is 800. The van der Waals surface area contributed by atoms with Crippen molar-refractivity contribution >= 4 is 16.7 Å². The van der Waals surface area contributed by atoms with Crippen LogP contribution < -0.4 is 0 Å². The third-order valence-electron chi connectivity index (χ3n) is 3.08. The molecule has 2 nitrogen and oxygen atoms in total. The van der Waals surface area contributed by atoms with Crippen molar-refractivity contribution in [2.75, 3.05) is 0 Å². The van der Waals surface area contributed by atoms with E-state index in [0.717, 1.165) is 5.52 Å². The van der Waals surface area contributed by atoms with E-state index >= 15 is 0 Å². The number of halogens is 3. The van der Waals surface area contributed by atoms with Gasteiger partial charge in [0, 0.05) is 28.2 Å². The van der Waals surface area contributed by atoms with Gasteiger partial charge in [-0.15, -0.1) is 0 Å². The van der Waals surface area contributed by atoms with Crippen LogP contribution in [0.15, 0.2) is 42.6 Å². The van der Waals surface area contributed by atoms with Crippen molar-refractivity contribution < 1.29 is 18.0 Å². The van der Waals surface area contributed by atoms with Crippen LogP contribution in [-0.2, 0) is 0 Å². The zero-order chi connectivity index (χ0) is 14.3. The number of carbonyl (C=O) groups excluding carboxylic acids is 1. The molecule has 1 heterocycles. The van der Waals surface area contributed by atoms with Gasteiger partial charge in [-0.3, -0.25) is 4.79 Å². The Labute approximate surface area is 111 Å². The first-order chi connectivity index (χ1) is 9.58. The standard InChI is InChI=1S/C15H8F3NO/c16-11-5-8(6-12(17)14(11)18)15(20)10-7-19-13-4-2-1-3-9(10)13/h1-7,19H. The molecule has 2 aromatic carbocycles. The van der Waals surface area contributed by atoms with Gasteiger partial charge in [0.05, 0.1) is 0 Å². The van der Waals surface area contributed by atoms with Crippen molar-refractivity contribution in [2.24, 2.45) is 0 Å². The van der Waals surface area contributed by atoms with Crippen molar-refractivity contribution in [1.82, 2.24) is 4.98 Å². The van der Waals surface area contributed by atoms with Crippen molar-refractivity contribution in [1.29, 1.82) is 0 Å². The number of aromatic amines is 1. The molecule has 1 N–H and O–H groups in total. The first-order valence-electron chi connectivity index (χ1n) is 5.83. The van der Waals surface area contributed by atoms with Crippen LogP contribution in [0.25, 0.3) is 10.9 Å². The molecule has 0 saturated heterocycles. The number of rotatable bonds is 2. The Morgan fingerprint density at radius 3 is 2.35 bits per heavy atom. The van der Waals surface area contributed by atoms with Gasteiger partial charge in [-0.2, -0.15) is 0 Å². The summed E-state index contributed by atoms with van der Waals surface area (Å²) in [6, 6.07) is 8.43. The number of aromatic nitrogens is 1. The van der Waals surface area contributed by atoms with E-state index in [0.29, 0.717) is 17.5 Å². The summed E-state index contributed by atoms with van der Waals surface area (Å²) in [5.41, 5.74) is 0.788. The van der Waals surface area contributed by atoms with E-state index in [-0.39, 0.29) is 11.1 Å². The summed E-state index contributed by atoms with van der Waals surface area (Å²) in [4.78, 5) is 15.2. The summed E-state index contributed by atoms with van der Waals surface area (Å²) in [6.45, 7) is 0. The zero-order valence-electron chi connectivity index (χ0n) is 10.1. The minimum absolute atomic E-state index is 0.230. The van der Waals surface area contributed by atoms with Crippen molar-refractivity contribution in [3.8, 4) is 0 Å². The fourth-order valence-corrected chi connectivity index (χ4v) is 2.10. The second kappa shape index (κ2) is 4.52. The first-order valence-corrected chi connectivity index (χ1v) is 5.83. The van der Waals surface area contributed by atoms with Gasteiger partial charge in [0.15, 0.2) is 23.2 Å². The molecule has 0 radical (unpaired) electrons. The molecule has 0 atom stereocenters. The summed E-state index contributed by atoms with van der Waals surface area (Å²) < 4.78 is 39.3. The molecule has 100 valence electrons. The number of benzene rings is 2. The van der Waals surface area contributed by atoms with Gasteiger partial charge in [0.1, 0.15) is 0 Å². The maximum absolute atomic E-state index is 13.2. The fraction of sp³-hybridized carbons (Fsp3) is 0. The Kier molecular flexibility index (Phi) is 2.82. The van der Waals surface area contributed by atoms with Crippen LogP contribution in [0, 0.1) is 17.5 Å². The molecule has 0 aliphatic heterocycles. The highest BCUT2D eigenvalue weighted by molar-refractivity contribution is 6.16. The average molecular weight is 275 g/mol. The number of carbonyl (C=O) groups is 1. The van der Waals surface area contributed by atoms with E-state index in [1.54, 1.807) is 24.3 Å². The maximum Gasteiger partial charge on any atom is 0.195 e. The minimum Gasteiger partial charge on any atom is -0.360 e. The van der Waals surface area contributed by atoms with E-state index in [2.05, 4.69) is 4.98 Å². The molecule has 0 saturated carbocycles. The van der Waals surface area contributed by atoms with E-state index in [1.165, 1.54) is 6.20 Å². The molecule has 0 bridgehead atoms. The molecular formula is C15H8F3NO. The number of hydrogen-bond donors (Lipinski definition) is 1. The number of ketones is 1. The Hall–Kier alpha value is -2.56. The molecule has 0 amide bonds. The maximum atomic E-state index is 13.2. The molecular weight excluding hydrogens is 267 g/mol. The first kappa shape index (κ1) is 12.5. The van der Waals surface area contributed by atoms with Crippen LogP contribution in [0.1, 0.15) is 15.9 Å². The topological polar surface area (TPSA) is 32.9 Å². The summed E-state index contributed by atoms with van der Waals surface area (Å²) in [5.74, 6) is -4.91. The normalized spacial score (nSPS) is 10.9.